The molecule has 1 aromatic heterocycles. The Hall–Kier alpha value is -4.37. The van der Waals surface area contributed by atoms with Crippen molar-refractivity contribution in [1.29, 1.82) is 0 Å². The molecule has 0 aliphatic carbocycles. The first-order valence-corrected chi connectivity index (χ1v) is 12.6. The first-order chi connectivity index (χ1) is 18.3. The van der Waals surface area contributed by atoms with Crippen LogP contribution in [0.5, 0.6) is 17.2 Å². The quantitative estimate of drug-likeness (QED) is 0.198. The molecular formula is C29H26N2O6S. The molecule has 1 atom stereocenters. The minimum Gasteiger partial charge on any atom is -0.507 e. The number of benzene rings is 3. The van der Waals surface area contributed by atoms with Crippen LogP contribution in [0.25, 0.3) is 16.0 Å². The van der Waals surface area contributed by atoms with Crippen molar-refractivity contribution in [3.05, 3.63) is 82.4 Å². The summed E-state index contributed by atoms with van der Waals surface area (Å²) in [6, 6.07) is 15.1. The fourth-order valence-corrected chi connectivity index (χ4v) is 5.76. The van der Waals surface area contributed by atoms with Gasteiger partial charge in [-0.15, -0.1) is 0 Å². The predicted molar refractivity (Wildman–Crippen MR) is 146 cm³/mol. The molecule has 1 fully saturated rings. The van der Waals surface area contributed by atoms with Gasteiger partial charge in [-0.1, -0.05) is 23.5 Å². The van der Waals surface area contributed by atoms with Gasteiger partial charge in [-0.25, -0.2) is 4.98 Å². The van der Waals surface area contributed by atoms with Gasteiger partial charge in [0.25, 0.3) is 5.78 Å². The molecule has 0 spiro atoms. The number of fused-ring (bicyclic) bond motifs is 1. The third-order valence-corrected chi connectivity index (χ3v) is 7.59. The SMILES string of the molecule is COc1ccc(/C(O)=C2\C(=O)C(=O)N(c3nc4ccc(C)cc4s3)[C@@H]2c2ccc(OC)c(OC)c2)cc1C. The van der Waals surface area contributed by atoms with Crippen LogP contribution in [0, 0.1) is 13.8 Å². The Labute approximate surface area is 223 Å². The number of rotatable bonds is 6. The summed E-state index contributed by atoms with van der Waals surface area (Å²) < 4.78 is 17.1. The third-order valence-electron chi connectivity index (χ3n) is 6.57. The third kappa shape index (κ3) is 4.14. The smallest absolute Gasteiger partial charge is 0.301 e. The van der Waals surface area contributed by atoms with Crippen LogP contribution in [0.4, 0.5) is 5.13 Å². The van der Waals surface area contributed by atoms with Gasteiger partial charge in [-0.2, -0.15) is 0 Å². The van der Waals surface area contributed by atoms with E-state index in [9.17, 15) is 14.7 Å². The molecule has 5 rings (SSSR count). The molecule has 8 nitrogen and oxygen atoms in total. The molecule has 0 unspecified atom stereocenters. The zero-order valence-corrected chi connectivity index (χ0v) is 22.4. The second-order valence-electron chi connectivity index (χ2n) is 8.94. The van der Waals surface area contributed by atoms with Gasteiger partial charge in [0.05, 0.1) is 43.2 Å². The van der Waals surface area contributed by atoms with Crippen LogP contribution in [0.1, 0.15) is 28.3 Å². The molecule has 1 amide bonds. The minimum absolute atomic E-state index is 0.0396. The van der Waals surface area contributed by atoms with Crippen molar-refractivity contribution < 1.29 is 28.9 Å². The summed E-state index contributed by atoms with van der Waals surface area (Å²) in [6.07, 6.45) is 0. The van der Waals surface area contributed by atoms with Gasteiger partial charge in [0.15, 0.2) is 16.6 Å². The number of ketones is 1. The maximum absolute atomic E-state index is 13.5. The summed E-state index contributed by atoms with van der Waals surface area (Å²) in [6.45, 7) is 3.81. The van der Waals surface area contributed by atoms with Crippen LogP contribution in [-0.2, 0) is 9.59 Å². The lowest BCUT2D eigenvalue weighted by molar-refractivity contribution is -0.132. The second-order valence-corrected chi connectivity index (χ2v) is 9.94. The first kappa shape index (κ1) is 25.3. The molecule has 194 valence electrons. The highest BCUT2D eigenvalue weighted by Gasteiger charge is 2.48. The standard InChI is InChI=1S/C29H26N2O6S/c1-15-6-9-19-23(12-15)38-29(30-19)31-25(17-7-11-21(36-4)22(14-17)37-5)24(27(33)28(31)34)26(32)18-8-10-20(35-3)16(2)13-18/h6-14,25,32H,1-5H3/b26-24+/t25-/m1/s1. The summed E-state index contributed by atoms with van der Waals surface area (Å²) in [5.41, 5.74) is 3.46. The van der Waals surface area contributed by atoms with Gasteiger partial charge in [0.2, 0.25) is 0 Å². The number of aromatic nitrogens is 1. The first-order valence-electron chi connectivity index (χ1n) is 11.8. The highest BCUT2D eigenvalue weighted by molar-refractivity contribution is 7.22. The van der Waals surface area contributed by atoms with Crippen molar-refractivity contribution >= 4 is 44.1 Å². The van der Waals surface area contributed by atoms with Crippen molar-refractivity contribution in [2.45, 2.75) is 19.9 Å². The van der Waals surface area contributed by atoms with Crippen molar-refractivity contribution in [2.75, 3.05) is 26.2 Å². The predicted octanol–water partition coefficient (Wildman–Crippen LogP) is 5.57. The van der Waals surface area contributed by atoms with Crippen LogP contribution in [0.3, 0.4) is 0 Å². The molecule has 38 heavy (non-hydrogen) atoms. The number of aliphatic hydroxyl groups excluding tert-OH is 1. The van der Waals surface area contributed by atoms with Crippen LogP contribution in [0.15, 0.2) is 60.2 Å². The highest BCUT2D eigenvalue weighted by Crippen LogP contribution is 2.46. The van der Waals surface area contributed by atoms with Crippen LogP contribution < -0.4 is 19.1 Å². The number of aryl methyl sites for hydroxylation is 2. The van der Waals surface area contributed by atoms with Crippen LogP contribution in [-0.4, -0.2) is 43.1 Å². The Balaban J connectivity index is 1.74. The molecule has 1 N–H and O–H groups in total. The lowest BCUT2D eigenvalue weighted by Crippen LogP contribution is -2.29. The van der Waals surface area contributed by atoms with Gasteiger partial charge in [-0.05, 0) is 73.0 Å². The summed E-state index contributed by atoms with van der Waals surface area (Å²) >= 11 is 1.31. The number of carbonyl (C=O) groups is 2. The molecule has 0 radical (unpaired) electrons. The molecule has 1 saturated heterocycles. The lowest BCUT2D eigenvalue weighted by Gasteiger charge is -2.23. The summed E-state index contributed by atoms with van der Waals surface area (Å²) in [5.74, 6) is -0.291. The van der Waals surface area contributed by atoms with Gasteiger partial charge in [0.1, 0.15) is 11.5 Å². The Morgan fingerprint density at radius 3 is 2.29 bits per heavy atom. The number of anilines is 1. The Kier molecular flexibility index (Phi) is 6.54. The molecule has 1 aliphatic heterocycles. The molecule has 4 aromatic rings. The zero-order chi connectivity index (χ0) is 27.1. The number of ether oxygens (including phenoxy) is 3. The van der Waals surface area contributed by atoms with E-state index in [1.165, 1.54) is 30.5 Å². The summed E-state index contributed by atoms with van der Waals surface area (Å²) in [7, 11) is 4.59. The Morgan fingerprint density at radius 2 is 1.61 bits per heavy atom. The Bertz CT molecular complexity index is 1620. The average molecular weight is 531 g/mol. The van der Waals surface area contributed by atoms with Crippen LogP contribution in [0.2, 0.25) is 0 Å². The number of aliphatic hydroxyl groups is 1. The van der Waals surface area contributed by atoms with Crippen molar-refractivity contribution in [3.8, 4) is 17.2 Å². The fourth-order valence-electron chi connectivity index (χ4n) is 4.67. The van der Waals surface area contributed by atoms with Crippen molar-refractivity contribution in [2.24, 2.45) is 0 Å². The highest BCUT2D eigenvalue weighted by atomic mass is 32.1. The lowest BCUT2D eigenvalue weighted by atomic mass is 9.94. The number of nitrogens with zero attached hydrogens (tertiary/aromatic N) is 2. The van der Waals surface area contributed by atoms with Gasteiger partial charge < -0.3 is 19.3 Å². The molecule has 3 aromatic carbocycles. The summed E-state index contributed by atoms with van der Waals surface area (Å²) in [4.78, 5) is 33.1. The van der Waals surface area contributed by atoms with E-state index in [1.807, 2.05) is 32.0 Å². The number of hydrogen-bond donors (Lipinski definition) is 1. The second kappa shape index (κ2) is 9.83. The van der Waals surface area contributed by atoms with Crippen LogP contribution >= 0.6 is 11.3 Å². The van der Waals surface area contributed by atoms with E-state index in [0.717, 1.165) is 15.8 Å². The van der Waals surface area contributed by atoms with Crippen molar-refractivity contribution in [1.82, 2.24) is 4.98 Å². The van der Waals surface area contributed by atoms with Gasteiger partial charge in [-0.3, -0.25) is 14.5 Å². The normalized spacial score (nSPS) is 16.8. The maximum atomic E-state index is 13.5. The number of amides is 1. The molecule has 0 bridgehead atoms. The molecule has 0 saturated carbocycles. The number of carbonyl (C=O) groups excluding carboxylic acids is 2. The van der Waals surface area contributed by atoms with E-state index in [-0.39, 0.29) is 11.3 Å². The monoisotopic (exact) mass is 530 g/mol. The number of thiazole rings is 1. The van der Waals surface area contributed by atoms with E-state index in [4.69, 9.17) is 14.2 Å². The van der Waals surface area contributed by atoms with Gasteiger partial charge >= 0.3 is 5.91 Å². The molecule has 9 heteroatoms. The Morgan fingerprint density at radius 1 is 0.895 bits per heavy atom. The minimum atomic E-state index is -0.945. The maximum Gasteiger partial charge on any atom is 0.301 e. The molecular weight excluding hydrogens is 504 g/mol. The van der Waals surface area contributed by atoms with Gasteiger partial charge in [0, 0.05) is 5.56 Å². The van der Waals surface area contributed by atoms with E-state index in [2.05, 4.69) is 4.98 Å². The van der Waals surface area contributed by atoms with E-state index in [0.29, 0.717) is 39.0 Å². The fraction of sp³-hybridized carbons (Fsp3) is 0.207. The zero-order valence-electron chi connectivity index (χ0n) is 21.6. The molecule has 1 aliphatic rings. The summed E-state index contributed by atoms with van der Waals surface area (Å²) in [5, 5.41) is 11.8. The number of hydrogen-bond acceptors (Lipinski definition) is 8. The molecule has 2 heterocycles. The number of Topliss-reactive ketones (excluding diaryl/α,β-unsaturated/α-hetero) is 1. The topological polar surface area (TPSA) is 98.2 Å². The average Bonchev–Trinajstić information content (AvgIpc) is 3.45. The van der Waals surface area contributed by atoms with E-state index in [1.54, 1.807) is 43.5 Å². The van der Waals surface area contributed by atoms with Crippen molar-refractivity contribution in [3.63, 3.8) is 0 Å². The largest absolute Gasteiger partial charge is 0.507 e. The van der Waals surface area contributed by atoms with E-state index >= 15 is 0 Å². The van der Waals surface area contributed by atoms with E-state index < -0.39 is 17.7 Å². The number of methoxy groups -OCH3 is 3.